The molecule has 0 bridgehead atoms. The van der Waals surface area contributed by atoms with Crippen LogP contribution in [0.5, 0.6) is 5.75 Å². The molecule has 5 fully saturated rings. The summed E-state index contributed by atoms with van der Waals surface area (Å²) >= 11 is 0. The number of halogens is 1. The van der Waals surface area contributed by atoms with Gasteiger partial charge in [-0.05, 0) is 87.1 Å². The number of alkyl halides is 1. The zero-order chi connectivity index (χ0) is 42.0. The first-order valence-electron chi connectivity index (χ1n) is 22.0. The molecule has 1 aliphatic carbocycles. The van der Waals surface area contributed by atoms with Crippen LogP contribution < -0.4 is 31.1 Å². The lowest BCUT2D eigenvalue weighted by Gasteiger charge is -2.44. The summed E-state index contributed by atoms with van der Waals surface area (Å²) in [6, 6.07) is 10.4. The molecule has 1 saturated carbocycles. The monoisotopic (exact) mass is 835 g/mol. The summed E-state index contributed by atoms with van der Waals surface area (Å²) in [7, 11) is 0. The van der Waals surface area contributed by atoms with Crippen LogP contribution in [0.2, 0.25) is 0 Å². The topological polar surface area (TPSA) is 159 Å². The molecule has 61 heavy (non-hydrogen) atoms. The number of piperazine rings is 1. The number of anilines is 2. The Morgan fingerprint density at radius 1 is 0.852 bits per heavy atom. The van der Waals surface area contributed by atoms with Crippen molar-refractivity contribution in [2.45, 2.75) is 81.6 Å². The Bertz CT molecular complexity index is 2220. The smallest absolute Gasteiger partial charge is 0.262 e. The van der Waals surface area contributed by atoms with Gasteiger partial charge in [-0.15, -0.1) is 0 Å². The molecule has 2 aromatic rings. The molecule has 10 rings (SSSR count). The van der Waals surface area contributed by atoms with Crippen molar-refractivity contribution in [2.75, 3.05) is 75.8 Å². The zero-order valence-electron chi connectivity index (χ0n) is 34.6. The number of rotatable bonds is 9. The number of ether oxygens (including phenoxy) is 1. The highest BCUT2D eigenvalue weighted by Crippen LogP contribution is 2.43. The summed E-state index contributed by atoms with van der Waals surface area (Å²) in [6.45, 7) is 8.42. The lowest BCUT2D eigenvalue weighted by molar-refractivity contribution is -0.139. The van der Waals surface area contributed by atoms with Gasteiger partial charge in [0.2, 0.25) is 17.7 Å². The molecule has 16 heteroatoms. The van der Waals surface area contributed by atoms with Crippen molar-refractivity contribution >= 4 is 40.9 Å². The summed E-state index contributed by atoms with van der Waals surface area (Å²) in [5.41, 5.74) is 10.1. The number of imide groups is 2. The zero-order valence-corrected chi connectivity index (χ0v) is 34.6. The van der Waals surface area contributed by atoms with Crippen LogP contribution in [-0.4, -0.2) is 132 Å². The number of hydrogen-bond acceptors (Lipinski definition) is 12. The maximum Gasteiger partial charge on any atom is 0.262 e. The molecule has 7 aliphatic heterocycles. The lowest BCUT2D eigenvalue weighted by Crippen LogP contribution is -2.55. The van der Waals surface area contributed by atoms with Gasteiger partial charge in [0.15, 0.2) is 0 Å². The van der Waals surface area contributed by atoms with Gasteiger partial charge in [-0.3, -0.25) is 39.1 Å². The molecule has 4 N–H and O–H groups in total. The standard InChI is InChI=1S/C45H54FN9O6/c1-44(11-12-44)61-31-3-5-35-34(26-31)39(50-49-35)29-8-15-47-37(24-29)53-22-20-51(21-23-53)27-45(46)13-18-54(19-14-45)41(58)28-9-16-52(17-10-28)30-2-4-32-33(25-30)43(60)55(42(32)59)36-6-7-38(56)48-40(36)57/h2-5,8,24-26,28,36,39,47,49-50H,6-7,9-23,27H2,1H3,(H,48,56,57). The first-order chi connectivity index (χ1) is 29.4. The number of benzene rings is 2. The minimum absolute atomic E-state index is 0.0152. The maximum absolute atomic E-state index is 16.4. The molecule has 15 nitrogen and oxygen atoms in total. The van der Waals surface area contributed by atoms with E-state index < -0.39 is 35.3 Å². The van der Waals surface area contributed by atoms with E-state index in [9.17, 15) is 24.0 Å². The summed E-state index contributed by atoms with van der Waals surface area (Å²) < 4.78 is 22.6. The molecule has 2 aromatic carbocycles. The number of nitrogens with one attached hydrogen (secondary N) is 4. The Morgan fingerprint density at radius 3 is 2.34 bits per heavy atom. The van der Waals surface area contributed by atoms with E-state index in [1.807, 2.05) is 11.0 Å². The first-order valence-corrected chi connectivity index (χ1v) is 22.0. The van der Waals surface area contributed by atoms with Gasteiger partial charge >= 0.3 is 0 Å². The second kappa shape index (κ2) is 15.5. The summed E-state index contributed by atoms with van der Waals surface area (Å²) in [5.74, 6) is -0.200. The Hall–Kier alpha value is -5.48. The molecule has 0 spiro atoms. The molecule has 2 atom stereocenters. The summed E-state index contributed by atoms with van der Waals surface area (Å²) in [4.78, 5) is 73.8. The van der Waals surface area contributed by atoms with Gasteiger partial charge < -0.3 is 30.2 Å². The quantitative estimate of drug-likeness (QED) is 0.274. The number of piperidine rings is 3. The van der Waals surface area contributed by atoms with Gasteiger partial charge in [0, 0.05) is 102 Å². The number of hydrogen-bond donors (Lipinski definition) is 4. The van der Waals surface area contributed by atoms with Gasteiger partial charge in [-0.25, -0.2) is 9.82 Å². The number of carbonyl (C=O) groups is 5. The van der Waals surface area contributed by atoms with Crippen LogP contribution >= 0.6 is 0 Å². The van der Waals surface area contributed by atoms with E-state index in [-0.39, 0.29) is 47.4 Å². The van der Waals surface area contributed by atoms with Crippen molar-refractivity contribution in [3.63, 3.8) is 0 Å². The van der Waals surface area contributed by atoms with E-state index >= 15 is 4.39 Å². The van der Waals surface area contributed by atoms with Crippen LogP contribution in [0.25, 0.3) is 0 Å². The molecule has 0 radical (unpaired) electrons. The van der Waals surface area contributed by atoms with Crippen LogP contribution in [0.15, 0.2) is 59.9 Å². The van der Waals surface area contributed by atoms with E-state index in [1.165, 1.54) is 11.1 Å². The van der Waals surface area contributed by atoms with Gasteiger partial charge in [0.05, 0.1) is 22.9 Å². The predicted molar refractivity (Wildman–Crippen MR) is 224 cm³/mol. The van der Waals surface area contributed by atoms with Gasteiger partial charge in [-0.1, -0.05) is 6.08 Å². The van der Waals surface area contributed by atoms with E-state index in [0.717, 1.165) is 73.4 Å². The van der Waals surface area contributed by atoms with Crippen molar-refractivity contribution in [1.82, 2.24) is 35.7 Å². The molecular formula is C45H54FN9O6. The molecular weight excluding hydrogens is 782 g/mol. The second-order valence-corrected chi connectivity index (χ2v) is 18.3. The number of hydrazine groups is 1. The molecule has 8 aliphatic rings. The average Bonchev–Trinajstić information content (AvgIpc) is 3.75. The third kappa shape index (κ3) is 7.73. The molecule has 322 valence electrons. The SMILES string of the molecule is CC1(Oc2ccc3c(c2)C(C2=CCNC(N4CCN(CC5(F)CCN(C(=O)C6CCN(c7ccc8c(c7)C(=O)N(C7CCC(=O)NC7=O)C8=O)CC6)CC5)CC4)=C2)NN3)CC1. The fourth-order valence-corrected chi connectivity index (χ4v) is 10.1. The molecule has 7 heterocycles. The van der Waals surface area contributed by atoms with Crippen LogP contribution in [0.3, 0.4) is 0 Å². The second-order valence-electron chi connectivity index (χ2n) is 18.3. The predicted octanol–water partition coefficient (Wildman–Crippen LogP) is 3.23. The van der Waals surface area contributed by atoms with Gasteiger partial charge in [-0.2, -0.15) is 0 Å². The van der Waals surface area contributed by atoms with E-state index in [2.05, 4.69) is 67.4 Å². The number of nitrogens with zero attached hydrogens (tertiary/aromatic N) is 5. The first kappa shape index (κ1) is 39.6. The highest BCUT2D eigenvalue weighted by atomic mass is 19.1. The van der Waals surface area contributed by atoms with Crippen LogP contribution in [0.1, 0.15) is 90.6 Å². The molecule has 0 aromatic heterocycles. The normalized spacial score (nSPS) is 26.2. The fraction of sp³-hybridized carbons (Fsp3) is 0.533. The Labute approximate surface area is 354 Å². The van der Waals surface area contributed by atoms with E-state index in [1.54, 1.807) is 18.2 Å². The fourth-order valence-electron chi connectivity index (χ4n) is 10.1. The van der Waals surface area contributed by atoms with Crippen molar-refractivity contribution < 1.29 is 33.1 Å². The van der Waals surface area contributed by atoms with Crippen molar-refractivity contribution in [3.8, 4) is 5.75 Å². The Morgan fingerprint density at radius 2 is 1.61 bits per heavy atom. The number of fused-ring (bicyclic) bond motifs is 2. The number of amides is 5. The number of carbonyl (C=O) groups excluding carboxylic acids is 5. The summed E-state index contributed by atoms with van der Waals surface area (Å²) in [5, 5.41) is 5.79. The Balaban J connectivity index is 0.679. The van der Waals surface area contributed by atoms with E-state index in [4.69, 9.17) is 4.74 Å². The van der Waals surface area contributed by atoms with E-state index in [0.29, 0.717) is 58.4 Å². The van der Waals surface area contributed by atoms with Crippen molar-refractivity contribution in [3.05, 3.63) is 76.6 Å². The largest absolute Gasteiger partial charge is 0.488 e. The van der Waals surface area contributed by atoms with Crippen molar-refractivity contribution in [1.29, 1.82) is 0 Å². The maximum atomic E-state index is 16.4. The number of dihydropyridines is 1. The third-order valence-corrected chi connectivity index (χ3v) is 14.1. The highest BCUT2D eigenvalue weighted by Gasteiger charge is 2.46. The minimum Gasteiger partial charge on any atom is -0.488 e. The van der Waals surface area contributed by atoms with Crippen LogP contribution in [0, 0.1) is 5.92 Å². The molecule has 4 saturated heterocycles. The van der Waals surface area contributed by atoms with Crippen molar-refractivity contribution in [2.24, 2.45) is 5.92 Å². The van der Waals surface area contributed by atoms with Crippen LogP contribution in [0.4, 0.5) is 15.8 Å². The van der Waals surface area contributed by atoms with Crippen LogP contribution in [-0.2, 0) is 14.4 Å². The minimum atomic E-state index is -1.34. The molecule has 2 unspecified atom stereocenters. The Kier molecular flexibility index (Phi) is 10.0. The molecule has 5 amide bonds. The lowest BCUT2D eigenvalue weighted by atomic mass is 9.89. The van der Waals surface area contributed by atoms with Gasteiger partial charge in [0.1, 0.15) is 28.9 Å². The third-order valence-electron chi connectivity index (χ3n) is 14.1. The average molecular weight is 836 g/mol. The highest BCUT2D eigenvalue weighted by molar-refractivity contribution is 6.23. The van der Waals surface area contributed by atoms with Gasteiger partial charge in [0.25, 0.3) is 11.8 Å². The number of likely N-dealkylation sites (tertiary alicyclic amines) is 1. The summed E-state index contributed by atoms with van der Waals surface area (Å²) in [6.07, 6.45) is 8.72.